The van der Waals surface area contributed by atoms with E-state index in [4.69, 9.17) is 16.6 Å². The molecule has 1 saturated heterocycles. The molecule has 1 fully saturated rings. The summed E-state index contributed by atoms with van der Waals surface area (Å²) in [5.74, 6) is -0.822. The number of aromatic nitrogens is 3. The number of hydrogen-bond acceptors (Lipinski definition) is 5. The molecular formula is C25H26ClF2N5O. The van der Waals surface area contributed by atoms with E-state index in [1.165, 1.54) is 18.3 Å². The summed E-state index contributed by atoms with van der Waals surface area (Å²) >= 11 is 6.41. The summed E-state index contributed by atoms with van der Waals surface area (Å²) < 4.78 is 28.2. The first-order valence-corrected chi connectivity index (χ1v) is 11.8. The average molecular weight is 486 g/mol. The number of pyridine rings is 1. The lowest BCUT2D eigenvalue weighted by Crippen LogP contribution is -2.45. The van der Waals surface area contributed by atoms with E-state index in [1.54, 1.807) is 18.5 Å². The van der Waals surface area contributed by atoms with Gasteiger partial charge < -0.3 is 9.80 Å². The number of carbonyl (C=O) groups excluding carboxylic acids is 1. The number of hydrogen-bond donors (Lipinski definition) is 0. The van der Waals surface area contributed by atoms with Crippen LogP contribution in [0.25, 0.3) is 22.5 Å². The predicted octanol–water partition coefficient (Wildman–Crippen LogP) is 5.22. The molecule has 4 rings (SSSR count). The van der Waals surface area contributed by atoms with Crippen LogP contribution >= 0.6 is 11.6 Å². The molecule has 1 aromatic carbocycles. The standard InChI is InChI=1S/C25H26ClF2N5O/c1-3-32(4-2)25(34)16-6-5-11-33(15-16)22-14-30-23(19-8-7-17(27)12-21(19)28)24(31-22)18-9-10-29-13-20(18)26/h7-10,12-14,16H,3-6,11,15H2,1-2H3. The molecule has 0 spiro atoms. The van der Waals surface area contributed by atoms with E-state index < -0.39 is 11.6 Å². The third kappa shape index (κ3) is 4.87. The van der Waals surface area contributed by atoms with Crippen molar-refractivity contribution in [2.45, 2.75) is 26.7 Å². The lowest BCUT2D eigenvalue weighted by Gasteiger charge is -2.35. The molecule has 1 atom stereocenters. The summed E-state index contributed by atoms with van der Waals surface area (Å²) in [6, 6.07) is 5.02. The minimum Gasteiger partial charge on any atom is -0.355 e. The van der Waals surface area contributed by atoms with Crippen molar-refractivity contribution in [3.8, 4) is 22.5 Å². The van der Waals surface area contributed by atoms with Crippen molar-refractivity contribution >= 4 is 23.3 Å². The Kier molecular flexibility index (Phi) is 7.36. The number of anilines is 1. The second-order valence-corrected chi connectivity index (χ2v) is 8.61. The zero-order valence-electron chi connectivity index (χ0n) is 19.1. The van der Waals surface area contributed by atoms with Crippen LogP contribution in [0.1, 0.15) is 26.7 Å². The zero-order chi connectivity index (χ0) is 24.2. The van der Waals surface area contributed by atoms with E-state index in [0.717, 1.165) is 25.5 Å². The summed E-state index contributed by atoms with van der Waals surface area (Å²) in [4.78, 5) is 30.2. The molecular weight excluding hydrogens is 460 g/mol. The molecule has 0 radical (unpaired) electrons. The Morgan fingerprint density at radius 1 is 1.15 bits per heavy atom. The van der Waals surface area contributed by atoms with Crippen LogP contribution in [0.5, 0.6) is 0 Å². The third-order valence-corrected chi connectivity index (χ3v) is 6.44. The highest BCUT2D eigenvalue weighted by Gasteiger charge is 2.30. The normalized spacial score (nSPS) is 15.9. The Hall–Kier alpha value is -3.13. The number of halogens is 3. The van der Waals surface area contributed by atoms with E-state index in [-0.39, 0.29) is 23.1 Å². The van der Waals surface area contributed by atoms with Crippen molar-refractivity contribution in [2.75, 3.05) is 31.1 Å². The van der Waals surface area contributed by atoms with Crippen molar-refractivity contribution in [3.05, 3.63) is 59.5 Å². The number of amides is 1. The van der Waals surface area contributed by atoms with Gasteiger partial charge in [0.2, 0.25) is 5.91 Å². The fourth-order valence-corrected chi connectivity index (χ4v) is 4.55. The highest BCUT2D eigenvalue weighted by molar-refractivity contribution is 6.33. The van der Waals surface area contributed by atoms with Gasteiger partial charge in [-0.3, -0.25) is 9.78 Å². The second-order valence-electron chi connectivity index (χ2n) is 8.20. The number of piperidine rings is 1. The molecule has 178 valence electrons. The molecule has 1 aliphatic rings. The molecule has 34 heavy (non-hydrogen) atoms. The monoisotopic (exact) mass is 485 g/mol. The van der Waals surface area contributed by atoms with Crippen molar-refractivity contribution < 1.29 is 13.6 Å². The van der Waals surface area contributed by atoms with Crippen LogP contribution in [0.15, 0.2) is 42.9 Å². The fraction of sp³-hybridized carbons (Fsp3) is 0.360. The van der Waals surface area contributed by atoms with Crippen LogP contribution in [-0.4, -0.2) is 51.9 Å². The number of carbonyl (C=O) groups is 1. The zero-order valence-corrected chi connectivity index (χ0v) is 19.9. The van der Waals surface area contributed by atoms with Crippen molar-refractivity contribution in [3.63, 3.8) is 0 Å². The summed E-state index contributed by atoms with van der Waals surface area (Å²) in [6.07, 6.45) is 6.29. The number of nitrogens with zero attached hydrogens (tertiary/aromatic N) is 5. The third-order valence-electron chi connectivity index (χ3n) is 6.14. The van der Waals surface area contributed by atoms with E-state index in [1.807, 2.05) is 23.6 Å². The molecule has 1 amide bonds. The van der Waals surface area contributed by atoms with E-state index in [9.17, 15) is 13.6 Å². The second kappa shape index (κ2) is 10.4. The van der Waals surface area contributed by atoms with Gasteiger partial charge in [0.15, 0.2) is 0 Å². The van der Waals surface area contributed by atoms with Gasteiger partial charge in [0.1, 0.15) is 23.1 Å². The van der Waals surface area contributed by atoms with Crippen LogP contribution in [-0.2, 0) is 4.79 Å². The Bertz CT molecular complexity index is 1190. The Labute approximate surface area is 202 Å². The maximum Gasteiger partial charge on any atom is 0.227 e. The van der Waals surface area contributed by atoms with Crippen LogP contribution in [0.3, 0.4) is 0 Å². The summed E-state index contributed by atoms with van der Waals surface area (Å²) in [7, 11) is 0. The van der Waals surface area contributed by atoms with Gasteiger partial charge in [0.25, 0.3) is 0 Å². The minimum absolute atomic E-state index is 0.122. The lowest BCUT2D eigenvalue weighted by molar-refractivity contribution is -0.135. The summed E-state index contributed by atoms with van der Waals surface area (Å²) in [5.41, 5.74) is 1.28. The topological polar surface area (TPSA) is 62.2 Å². The van der Waals surface area contributed by atoms with E-state index >= 15 is 0 Å². The highest BCUT2D eigenvalue weighted by atomic mass is 35.5. The average Bonchev–Trinajstić information content (AvgIpc) is 2.85. The number of benzene rings is 1. The molecule has 1 unspecified atom stereocenters. The maximum atomic E-state index is 14.7. The van der Waals surface area contributed by atoms with Gasteiger partial charge in [-0.15, -0.1) is 0 Å². The van der Waals surface area contributed by atoms with Gasteiger partial charge in [-0.2, -0.15) is 0 Å². The molecule has 0 N–H and O–H groups in total. The summed E-state index contributed by atoms with van der Waals surface area (Å²) in [6.45, 7) is 6.56. The van der Waals surface area contributed by atoms with Crippen molar-refractivity contribution in [1.82, 2.24) is 19.9 Å². The molecule has 3 aromatic rings. The minimum atomic E-state index is -0.740. The first kappa shape index (κ1) is 24.0. The molecule has 0 aliphatic carbocycles. The first-order chi connectivity index (χ1) is 16.4. The SMILES string of the molecule is CCN(CC)C(=O)C1CCCN(c2cnc(-c3ccc(F)cc3F)c(-c3ccncc3Cl)n2)C1. The Balaban J connectivity index is 1.75. The molecule has 3 heterocycles. The van der Waals surface area contributed by atoms with Crippen LogP contribution < -0.4 is 4.90 Å². The molecule has 1 aliphatic heterocycles. The lowest BCUT2D eigenvalue weighted by atomic mass is 9.96. The van der Waals surface area contributed by atoms with Gasteiger partial charge in [0.05, 0.1) is 22.8 Å². The van der Waals surface area contributed by atoms with Crippen LogP contribution in [0.2, 0.25) is 5.02 Å². The fourth-order valence-electron chi connectivity index (χ4n) is 4.35. The first-order valence-electron chi connectivity index (χ1n) is 11.4. The number of rotatable bonds is 6. The van der Waals surface area contributed by atoms with Crippen LogP contribution in [0.4, 0.5) is 14.6 Å². The van der Waals surface area contributed by atoms with Crippen molar-refractivity contribution in [1.29, 1.82) is 0 Å². The molecule has 0 bridgehead atoms. The quantitative estimate of drug-likeness (QED) is 0.479. The van der Waals surface area contributed by atoms with Crippen LogP contribution in [0, 0.1) is 17.6 Å². The summed E-state index contributed by atoms with van der Waals surface area (Å²) in [5, 5.41) is 0.339. The smallest absolute Gasteiger partial charge is 0.227 e. The van der Waals surface area contributed by atoms with Gasteiger partial charge in [-0.05, 0) is 44.9 Å². The molecule has 9 heteroatoms. The van der Waals surface area contributed by atoms with Gasteiger partial charge in [-0.25, -0.2) is 18.7 Å². The van der Waals surface area contributed by atoms with Crippen molar-refractivity contribution in [2.24, 2.45) is 5.92 Å². The van der Waals surface area contributed by atoms with Gasteiger partial charge >= 0.3 is 0 Å². The van der Waals surface area contributed by atoms with E-state index in [2.05, 4.69) is 9.97 Å². The Morgan fingerprint density at radius 3 is 2.65 bits per heavy atom. The molecule has 0 saturated carbocycles. The van der Waals surface area contributed by atoms with E-state index in [0.29, 0.717) is 41.7 Å². The molecule has 2 aromatic heterocycles. The predicted molar refractivity (Wildman–Crippen MR) is 128 cm³/mol. The van der Waals surface area contributed by atoms with Gasteiger partial charge in [0, 0.05) is 55.8 Å². The highest BCUT2D eigenvalue weighted by Crippen LogP contribution is 2.36. The van der Waals surface area contributed by atoms with Gasteiger partial charge in [-0.1, -0.05) is 11.6 Å². The Morgan fingerprint density at radius 2 is 1.94 bits per heavy atom. The molecule has 6 nitrogen and oxygen atoms in total. The maximum absolute atomic E-state index is 14.7. The largest absolute Gasteiger partial charge is 0.355 e.